The minimum atomic E-state index is -3.72. The van der Waals surface area contributed by atoms with Gasteiger partial charge in [-0.3, -0.25) is 4.79 Å². The monoisotopic (exact) mass is 418 g/mol. The molecule has 8 heteroatoms. The van der Waals surface area contributed by atoms with Crippen LogP contribution < -0.4 is 5.32 Å². The molecule has 1 aliphatic heterocycles. The molecule has 2 aromatic heterocycles. The molecule has 0 fully saturated rings. The highest BCUT2D eigenvalue weighted by Crippen LogP contribution is 2.29. The van der Waals surface area contributed by atoms with Crippen molar-refractivity contribution in [1.29, 1.82) is 0 Å². The highest BCUT2D eigenvalue weighted by Gasteiger charge is 2.32. The smallest absolute Gasteiger partial charge is 0.263 e. The molecule has 5 nitrogen and oxygen atoms in total. The molecule has 0 bridgehead atoms. The van der Waals surface area contributed by atoms with Crippen molar-refractivity contribution in [3.05, 3.63) is 74.1 Å². The minimum absolute atomic E-state index is 0.0923. The van der Waals surface area contributed by atoms with Crippen LogP contribution in [0.15, 0.2) is 57.4 Å². The average molecular weight is 419 g/mol. The SMILES string of the molecule is O=C(NCc1ccsc1)c1sccc1S(=O)(=O)N1CCc2ccccc2C1. The molecule has 1 aliphatic rings. The summed E-state index contributed by atoms with van der Waals surface area (Å²) in [7, 11) is -3.72. The number of carbonyl (C=O) groups is 1. The number of amides is 1. The molecule has 0 aliphatic carbocycles. The minimum Gasteiger partial charge on any atom is -0.347 e. The van der Waals surface area contributed by atoms with E-state index in [1.165, 1.54) is 15.9 Å². The first-order valence-corrected chi connectivity index (χ1v) is 11.8. The van der Waals surface area contributed by atoms with Gasteiger partial charge in [-0.2, -0.15) is 15.6 Å². The molecule has 0 unspecified atom stereocenters. The van der Waals surface area contributed by atoms with Gasteiger partial charge in [0.2, 0.25) is 10.0 Å². The number of nitrogens with zero attached hydrogens (tertiary/aromatic N) is 1. The molecule has 0 atom stereocenters. The van der Waals surface area contributed by atoms with Crippen molar-refractivity contribution in [3.8, 4) is 0 Å². The summed E-state index contributed by atoms with van der Waals surface area (Å²) in [6.45, 7) is 1.15. The van der Waals surface area contributed by atoms with E-state index in [9.17, 15) is 13.2 Å². The van der Waals surface area contributed by atoms with Crippen molar-refractivity contribution in [2.75, 3.05) is 6.54 Å². The predicted octanol–water partition coefficient (Wildman–Crippen LogP) is 3.49. The van der Waals surface area contributed by atoms with E-state index >= 15 is 0 Å². The Labute approximate surface area is 166 Å². The quantitative estimate of drug-likeness (QED) is 0.690. The van der Waals surface area contributed by atoms with Gasteiger partial charge in [-0.15, -0.1) is 11.3 Å². The molecule has 3 aromatic rings. The number of thiophene rings is 2. The molecule has 1 amide bonds. The Balaban J connectivity index is 1.55. The topological polar surface area (TPSA) is 66.5 Å². The van der Waals surface area contributed by atoms with Crippen LogP contribution in [0.5, 0.6) is 0 Å². The Morgan fingerprint density at radius 2 is 1.93 bits per heavy atom. The van der Waals surface area contributed by atoms with Crippen LogP contribution in [0.1, 0.15) is 26.4 Å². The maximum Gasteiger partial charge on any atom is 0.263 e. The van der Waals surface area contributed by atoms with E-state index in [-0.39, 0.29) is 15.7 Å². The Morgan fingerprint density at radius 1 is 1.11 bits per heavy atom. The Hall–Kier alpha value is -2.00. The van der Waals surface area contributed by atoms with E-state index in [1.807, 2.05) is 41.1 Å². The molecule has 0 spiro atoms. The van der Waals surface area contributed by atoms with Crippen LogP contribution in [0.25, 0.3) is 0 Å². The Morgan fingerprint density at radius 3 is 2.70 bits per heavy atom. The third-order valence-electron chi connectivity index (χ3n) is 4.58. The lowest BCUT2D eigenvalue weighted by Crippen LogP contribution is -2.36. The van der Waals surface area contributed by atoms with E-state index in [0.717, 1.165) is 22.5 Å². The second kappa shape index (κ2) is 7.55. The lowest BCUT2D eigenvalue weighted by atomic mass is 10.0. The second-order valence-electron chi connectivity index (χ2n) is 6.29. The van der Waals surface area contributed by atoms with Gasteiger partial charge in [0, 0.05) is 19.6 Å². The summed E-state index contributed by atoms with van der Waals surface area (Å²) in [6, 6.07) is 11.3. The molecular weight excluding hydrogens is 400 g/mol. The number of carbonyl (C=O) groups excluding carboxylic acids is 1. The summed E-state index contributed by atoms with van der Waals surface area (Å²) < 4.78 is 27.8. The Bertz CT molecular complexity index is 1060. The van der Waals surface area contributed by atoms with Crippen LogP contribution in [0.3, 0.4) is 0 Å². The normalized spacial score (nSPS) is 14.7. The van der Waals surface area contributed by atoms with Crippen LogP contribution >= 0.6 is 22.7 Å². The van der Waals surface area contributed by atoms with Crippen LogP contribution in [0.4, 0.5) is 0 Å². The number of nitrogens with one attached hydrogen (secondary N) is 1. The molecule has 1 N–H and O–H groups in total. The third-order valence-corrected chi connectivity index (χ3v) is 8.24. The number of benzene rings is 1. The third kappa shape index (κ3) is 3.70. The van der Waals surface area contributed by atoms with Crippen molar-refractivity contribution in [2.24, 2.45) is 0 Å². The summed E-state index contributed by atoms with van der Waals surface area (Å²) in [5, 5.41) is 8.37. The van der Waals surface area contributed by atoms with E-state index < -0.39 is 10.0 Å². The highest BCUT2D eigenvalue weighted by atomic mass is 32.2. The molecule has 0 saturated carbocycles. The fourth-order valence-electron chi connectivity index (χ4n) is 3.14. The zero-order valence-corrected chi connectivity index (χ0v) is 16.9. The first-order valence-electron chi connectivity index (χ1n) is 8.49. The summed E-state index contributed by atoms with van der Waals surface area (Å²) in [5.41, 5.74) is 3.20. The van der Waals surface area contributed by atoms with Crippen LogP contribution in [-0.2, 0) is 29.5 Å². The lowest BCUT2D eigenvalue weighted by molar-refractivity contribution is 0.0952. The van der Waals surface area contributed by atoms with Gasteiger partial charge in [0.25, 0.3) is 5.91 Å². The lowest BCUT2D eigenvalue weighted by Gasteiger charge is -2.28. The maximum atomic E-state index is 13.2. The second-order valence-corrected chi connectivity index (χ2v) is 9.89. The van der Waals surface area contributed by atoms with Crippen molar-refractivity contribution >= 4 is 38.6 Å². The standard InChI is InChI=1S/C19H18N2O3S3/c22-19(20-11-14-6-9-25-13-14)18-17(7-10-26-18)27(23,24)21-8-5-15-3-1-2-4-16(15)12-21/h1-4,6-7,9-10,13H,5,8,11-12H2,(H,20,22). The first-order chi connectivity index (χ1) is 13.1. The van der Waals surface area contributed by atoms with E-state index in [0.29, 0.717) is 26.1 Å². The van der Waals surface area contributed by atoms with E-state index in [4.69, 9.17) is 0 Å². The molecular formula is C19H18N2O3S3. The fraction of sp³-hybridized carbons (Fsp3) is 0.211. The van der Waals surface area contributed by atoms with Gasteiger partial charge in [-0.1, -0.05) is 24.3 Å². The molecule has 27 heavy (non-hydrogen) atoms. The van der Waals surface area contributed by atoms with Crippen molar-refractivity contribution < 1.29 is 13.2 Å². The largest absolute Gasteiger partial charge is 0.347 e. The molecule has 3 heterocycles. The number of sulfonamides is 1. The van der Waals surface area contributed by atoms with Gasteiger partial charge in [0.05, 0.1) is 0 Å². The van der Waals surface area contributed by atoms with Crippen molar-refractivity contribution in [2.45, 2.75) is 24.4 Å². The maximum absolute atomic E-state index is 13.2. The predicted molar refractivity (Wildman–Crippen MR) is 108 cm³/mol. The first kappa shape index (κ1) is 18.4. The average Bonchev–Trinajstić information content (AvgIpc) is 3.37. The summed E-state index contributed by atoms with van der Waals surface area (Å²) in [5.74, 6) is -0.354. The molecule has 4 rings (SSSR count). The van der Waals surface area contributed by atoms with Crippen LogP contribution in [0, 0.1) is 0 Å². The summed E-state index contributed by atoms with van der Waals surface area (Å²) in [6.07, 6.45) is 0.680. The zero-order chi connectivity index (χ0) is 18.9. The van der Waals surface area contributed by atoms with Crippen LogP contribution in [0.2, 0.25) is 0 Å². The fourth-order valence-corrected chi connectivity index (χ4v) is 6.54. The van der Waals surface area contributed by atoms with Gasteiger partial charge in [0.15, 0.2) is 0 Å². The number of hydrogen-bond donors (Lipinski definition) is 1. The van der Waals surface area contributed by atoms with Gasteiger partial charge < -0.3 is 5.32 Å². The molecule has 140 valence electrons. The van der Waals surface area contributed by atoms with Gasteiger partial charge >= 0.3 is 0 Å². The Kier molecular flexibility index (Phi) is 5.14. The number of hydrogen-bond acceptors (Lipinski definition) is 5. The molecule has 0 radical (unpaired) electrons. The summed E-state index contributed by atoms with van der Waals surface area (Å²) in [4.78, 5) is 12.9. The number of rotatable bonds is 5. The van der Waals surface area contributed by atoms with Crippen LogP contribution in [-0.4, -0.2) is 25.2 Å². The zero-order valence-electron chi connectivity index (χ0n) is 14.4. The van der Waals surface area contributed by atoms with Crippen molar-refractivity contribution in [3.63, 3.8) is 0 Å². The van der Waals surface area contributed by atoms with Crippen molar-refractivity contribution in [1.82, 2.24) is 9.62 Å². The highest BCUT2D eigenvalue weighted by molar-refractivity contribution is 7.89. The van der Waals surface area contributed by atoms with Gasteiger partial charge in [-0.25, -0.2) is 8.42 Å². The number of fused-ring (bicyclic) bond motifs is 1. The molecule has 0 saturated heterocycles. The van der Waals surface area contributed by atoms with E-state index in [2.05, 4.69) is 5.32 Å². The summed E-state index contributed by atoms with van der Waals surface area (Å²) >= 11 is 2.71. The van der Waals surface area contributed by atoms with Gasteiger partial charge in [0.1, 0.15) is 9.77 Å². The van der Waals surface area contributed by atoms with Gasteiger partial charge in [-0.05, 0) is 51.4 Å². The van der Waals surface area contributed by atoms with E-state index in [1.54, 1.807) is 16.7 Å². The molecule has 1 aromatic carbocycles.